The Labute approximate surface area is 123 Å². The second kappa shape index (κ2) is 6.20. The Kier molecular flexibility index (Phi) is 4.57. The number of nitrogens with two attached hydrogens (primary N) is 1. The molecule has 1 heterocycles. The number of halogens is 1. The smallest absolute Gasteiger partial charge is 0.212 e. The van der Waals surface area contributed by atoms with Gasteiger partial charge in [-0.25, -0.2) is 0 Å². The van der Waals surface area contributed by atoms with E-state index in [-0.39, 0.29) is 11.8 Å². The number of hydrogen-bond acceptors (Lipinski definition) is 3. The van der Waals surface area contributed by atoms with E-state index in [9.17, 15) is 4.79 Å². The van der Waals surface area contributed by atoms with Crippen molar-refractivity contribution >= 4 is 17.4 Å². The first-order chi connectivity index (χ1) is 9.56. The highest BCUT2D eigenvalue weighted by Crippen LogP contribution is 2.23. The quantitative estimate of drug-likeness (QED) is 0.862. The molecule has 4 nitrogen and oxygen atoms in total. The standard InChI is InChI=1S/C15H18ClN3O/c1-10(2)19-14(13(16)9-18-19)15(20)12-6-4-3-5-11(12)7-8-17/h3-6,9-10H,7-8,17H2,1-2H3. The summed E-state index contributed by atoms with van der Waals surface area (Å²) in [4.78, 5) is 12.8. The lowest BCUT2D eigenvalue weighted by Crippen LogP contribution is -2.16. The lowest BCUT2D eigenvalue weighted by atomic mass is 9.99. The zero-order valence-corrected chi connectivity index (χ0v) is 12.4. The Hall–Kier alpha value is -1.65. The molecule has 0 aliphatic carbocycles. The number of ketones is 1. The molecule has 0 amide bonds. The number of nitrogens with zero attached hydrogens (tertiary/aromatic N) is 2. The topological polar surface area (TPSA) is 60.9 Å². The summed E-state index contributed by atoms with van der Waals surface area (Å²) in [7, 11) is 0. The SMILES string of the molecule is CC(C)n1ncc(Cl)c1C(=O)c1ccccc1CCN. The van der Waals surface area contributed by atoms with E-state index in [0.29, 0.717) is 29.2 Å². The van der Waals surface area contributed by atoms with Crippen molar-refractivity contribution in [3.8, 4) is 0 Å². The molecule has 0 aliphatic rings. The van der Waals surface area contributed by atoms with Crippen LogP contribution in [-0.4, -0.2) is 22.1 Å². The van der Waals surface area contributed by atoms with Crippen molar-refractivity contribution in [2.45, 2.75) is 26.3 Å². The molecule has 5 heteroatoms. The molecular weight excluding hydrogens is 274 g/mol. The number of benzene rings is 1. The lowest BCUT2D eigenvalue weighted by Gasteiger charge is -2.12. The van der Waals surface area contributed by atoms with Crippen LogP contribution in [0, 0.1) is 0 Å². The molecule has 0 fully saturated rings. The largest absolute Gasteiger partial charge is 0.330 e. The van der Waals surface area contributed by atoms with Crippen LogP contribution in [-0.2, 0) is 6.42 Å². The fourth-order valence-electron chi connectivity index (χ4n) is 2.19. The van der Waals surface area contributed by atoms with Crippen LogP contribution < -0.4 is 5.73 Å². The first-order valence-corrected chi connectivity index (χ1v) is 6.99. The van der Waals surface area contributed by atoms with Gasteiger partial charge in [-0.05, 0) is 32.4 Å². The third-order valence-electron chi connectivity index (χ3n) is 3.13. The number of carbonyl (C=O) groups is 1. The van der Waals surface area contributed by atoms with E-state index in [1.165, 1.54) is 6.20 Å². The van der Waals surface area contributed by atoms with E-state index in [1.807, 2.05) is 32.0 Å². The van der Waals surface area contributed by atoms with Gasteiger partial charge in [-0.15, -0.1) is 0 Å². The molecular formula is C15H18ClN3O. The van der Waals surface area contributed by atoms with Crippen molar-refractivity contribution in [2.24, 2.45) is 5.73 Å². The van der Waals surface area contributed by atoms with Crippen LogP contribution in [0.1, 0.15) is 41.5 Å². The molecule has 1 aromatic heterocycles. The molecule has 2 N–H and O–H groups in total. The summed E-state index contributed by atoms with van der Waals surface area (Å²) in [5.41, 5.74) is 7.62. The normalized spacial score (nSPS) is 11.1. The third-order valence-corrected chi connectivity index (χ3v) is 3.41. The zero-order chi connectivity index (χ0) is 14.7. The second-order valence-corrected chi connectivity index (χ2v) is 5.31. The van der Waals surface area contributed by atoms with Gasteiger partial charge in [0.1, 0.15) is 5.69 Å². The maximum absolute atomic E-state index is 12.8. The van der Waals surface area contributed by atoms with Gasteiger partial charge in [-0.1, -0.05) is 35.9 Å². The summed E-state index contributed by atoms with van der Waals surface area (Å²) >= 11 is 6.13. The molecule has 0 saturated heterocycles. The average Bonchev–Trinajstić information content (AvgIpc) is 2.81. The Bertz CT molecular complexity index is 619. The van der Waals surface area contributed by atoms with Gasteiger partial charge in [0.2, 0.25) is 5.78 Å². The summed E-state index contributed by atoms with van der Waals surface area (Å²) < 4.78 is 1.66. The molecule has 1 aromatic carbocycles. The number of rotatable bonds is 5. The first-order valence-electron chi connectivity index (χ1n) is 6.62. The van der Waals surface area contributed by atoms with Gasteiger partial charge in [0, 0.05) is 11.6 Å². The van der Waals surface area contributed by atoms with Crippen molar-refractivity contribution in [1.29, 1.82) is 0 Å². The third kappa shape index (κ3) is 2.76. The number of aromatic nitrogens is 2. The summed E-state index contributed by atoms with van der Waals surface area (Å²) in [5, 5.41) is 4.56. The Balaban J connectivity index is 2.49. The van der Waals surface area contributed by atoms with Gasteiger partial charge in [0.25, 0.3) is 0 Å². The van der Waals surface area contributed by atoms with Gasteiger partial charge in [0.15, 0.2) is 0 Å². The minimum atomic E-state index is -0.106. The fourth-order valence-corrected chi connectivity index (χ4v) is 2.40. The minimum absolute atomic E-state index is 0.0723. The highest BCUT2D eigenvalue weighted by atomic mass is 35.5. The predicted octanol–water partition coefficient (Wildman–Crippen LogP) is 2.85. The van der Waals surface area contributed by atoms with E-state index in [4.69, 9.17) is 17.3 Å². The van der Waals surface area contributed by atoms with Crippen molar-refractivity contribution in [1.82, 2.24) is 9.78 Å². The van der Waals surface area contributed by atoms with Gasteiger partial charge in [-0.2, -0.15) is 5.10 Å². The van der Waals surface area contributed by atoms with Crippen LogP contribution in [0.2, 0.25) is 5.02 Å². The van der Waals surface area contributed by atoms with Gasteiger partial charge in [0.05, 0.1) is 11.2 Å². The Morgan fingerprint density at radius 3 is 2.75 bits per heavy atom. The number of carbonyl (C=O) groups excluding carboxylic acids is 1. The molecule has 0 atom stereocenters. The van der Waals surface area contributed by atoms with Crippen molar-refractivity contribution in [3.05, 3.63) is 52.3 Å². The molecule has 0 radical (unpaired) electrons. The van der Waals surface area contributed by atoms with Crippen molar-refractivity contribution < 1.29 is 4.79 Å². The van der Waals surface area contributed by atoms with Gasteiger partial charge < -0.3 is 5.73 Å². The summed E-state index contributed by atoms with van der Waals surface area (Å²) in [6, 6.07) is 7.55. The highest BCUT2D eigenvalue weighted by Gasteiger charge is 2.22. The van der Waals surface area contributed by atoms with Crippen LogP contribution in [0.5, 0.6) is 0 Å². The highest BCUT2D eigenvalue weighted by molar-refractivity contribution is 6.34. The maximum atomic E-state index is 12.8. The molecule has 20 heavy (non-hydrogen) atoms. The van der Waals surface area contributed by atoms with Crippen molar-refractivity contribution in [2.75, 3.05) is 6.54 Å². The molecule has 106 valence electrons. The second-order valence-electron chi connectivity index (χ2n) is 4.90. The fraction of sp³-hybridized carbons (Fsp3) is 0.333. The predicted molar refractivity (Wildman–Crippen MR) is 80.3 cm³/mol. The monoisotopic (exact) mass is 291 g/mol. The van der Waals surface area contributed by atoms with E-state index >= 15 is 0 Å². The van der Waals surface area contributed by atoms with Gasteiger partial charge >= 0.3 is 0 Å². The Morgan fingerprint density at radius 1 is 1.40 bits per heavy atom. The average molecular weight is 292 g/mol. The summed E-state index contributed by atoms with van der Waals surface area (Å²) in [6.07, 6.45) is 2.18. The van der Waals surface area contributed by atoms with Gasteiger partial charge in [-0.3, -0.25) is 9.48 Å². The molecule has 0 spiro atoms. The molecule has 0 aliphatic heterocycles. The number of hydrogen-bond donors (Lipinski definition) is 1. The molecule has 0 saturated carbocycles. The lowest BCUT2D eigenvalue weighted by molar-refractivity contribution is 0.102. The van der Waals surface area contributed by atoms with E-state index in [0.717, 1.165) is 5.56 Å². The van der Waals surface area contributed by atoms with Crippen LogP contribution in [0.15, 0.2) is 30.5 Å². The molecule has 0 bridgehead atoms. The molecule has 0 unspecified atom stereocenters. The Morgan fingerprint density at radius 2 is 2.10 bits per heavy atom. The van der Waals surface area contributed by atoms with Crippen LogP contribution in [0.4, 0.5) is 0 Å². The van der Waals surface area contributed by atoms with E-state index in [2.05, 4.69) is 5.10 Å². The van der Waals surface area contributed by atoms with Crippen LogP contribution in [0.3, 0.4) is 0 Å². The summed E-state index contributed by atoms with van der Waals surface area (Å²) in [5.74, 6) is -0.106. The zero-order valence-electron chi connectivity index (χ0n) is 11.6. The van der Waals surface area contributed by atoms with E-state index < -0.39 is 0 Å². The van der Waals surface area contributed by atoms with Crippen LogP contribution in [0.25, 0.3) is 0 Å². The maximum Gasteiger partial charge on any atom is 0.212 e. The summed E-state index contributed by atoms with van der Waals surface area (Å²) in [6.45, 7) is 4.43. The first kappa shape index (κ1) is 14.8. The minimum Gasteiger partial charge on any atom is -0.330 e. The van der Waals surface area contributed by atoms with Crippen molar-refractivity contribution in [3.63, 3.8) is 0 Å². The molecule has 2 rings (SSSR count). The van der Waals surface area contributed by atoms with E-state index in [1.54, 1.807) is 10.7 Å². The molecule has 2 aromatic rings. The van der Waals surface area contributed by atoms with Crippen LogP contribution >= 0.6 is 11.6 Å².